The molecule has 6 nitrogen and oxygen atoms in total. The summed E-state index contributed by atoms with van der Waals surface area (Å²) in [4.78, 5) is 38.1. The van der Waals surface area contributed by atoms with Crippen molar-refractivity contribution in [1.82, 2.24) is 0 Å². The summed E-state index contributed by atoms with van der Waals surface area (Å²) in [5, 5.41) is 0. The lowest BCUT2D eigenvalue weighted by Gasteiger charge is -2.18. The van der Waals surface area contributed by atoms with Crippen molar-refractivity contribution in [1.29, 1.82) is 0 Å². The van der Waals surface area contributed by atoms with Crippen molar-refractivity contribution >= 4 is 17.9 Å². The zero-order valence-electron chi connectivity index (χ0n) is 51.7. The molecule has 0 aliphatic rings. The molecule has 0 heterocycles. The smallest absolute Gasteiger partial charge is 0.306 e. The molecule has 0 aliphatic carbocycles. The number of carbonyl (C=O) groups excluding carboxylic acids is 3. The molecule has 0 N–H and O–H groups in total. The summed E-state index contributed by atoms with van der Waals surface area (Å²) >= 11 is 0. The molecule has 0 aliphatic heterocycles. The van der Waals surface area contributed by atoms with Gasteiger partial charge in [-0.25, -0.2) is 0 Å². The maximum atomic E-state index is 12.9. The molecule has 1 unspecified atom stereocenters. The van der Waals surface area contributed by atoms with Crippen LogP contribution in [0.2, 0.25) is 0 Å². The van der Waals surface area contributed by atoms with Gasteiger partial charge in [-0.05, 0) is 77.0 Å². The molecular formula is C72H126O6. The topological polar surface area (TPSA) is 78.9 Å². The highest BCUT2D eigenvalue weighted by atomic mass is 16.6. The van der Waals surface area contributed by atoms with Gasteiger partial charge >= 0.3 is 17.9 Å². The highest BCUT2D eigenvalue weighted by molar-refractivity contribution is 5.71. The van der Waals surface area contributed by atoms with Crippen LogP contribution in [0.4, 0.5) is 0 Å². The van der Waals surface area contributed by atoms with Crippen LogP contribution >= 0.6 is 0 Å². The Bertz CT molecular complexity index is 1480. The molecule has 0 rings (SSSR count). The first-order chi connectivity index (χ1) is 38.5. The van der Waals surface area contributed by atoms with Crippen molar-refractivity contribution in [3.63, 3.8) is 0 Å². The summed E-state index contributed by atoms with van der Waals surface area (Å²) in [5.41, 5.74) is 0. The van der Waals surface area contributed by atoms with Crippen LogP contribution < -0.4 is 0 Å². The van der Waals surface area contributed by atoms with Gasteiger partial charge in [0.15, 0.2) is 6.10 Å². The van der Waals surface area contributed by atoms with Crippen molar-refractivity contribution in [2.24, 2.45) is 0 Å². The summed E-state index contributed by atoms with van der Waals surface area (Å²) in [5.74, 6) is -0.871. The van der Waals surface area contributed by atoms with Crippen LogP contribution in [0.15, 0.2) is 85.1 Å². The highest BCUT2D eigenvalue weighted by Gasteiger charge is 2.19. The number of esters is 3. The fourth-order valence-electron chi connectivity index (χ4n) is 9.66. The molecule has 0 aromatic carbocycles. The molecule has 1 atom stereocenters. The Labute approximate surface area is 484 Å². The Kier molecular flexibility index (Phi) is 63.2. The molecule has 0 aromatic heterocycles. The second kappa shape index (κ2) is 66.1. The van der Waals surface area contributed by atoms with Crippen molar-refractivity contribution in [2.45, 2.75) is 341 Å². The van der Waals surface area contributed by atoms with Crippen molar-refractivity contribution in [3.05, 3.63) is 85.1 Å². The molecule has 450 valence electrons. The fraction of sp³-hybridized carbons (Fsp3) is 0.764. The number of rotatable bonds is 61. The third kappa shape index (κ3) is 63.4. The van der Waals surface area contributed by atoms with Gasteiger partial charge in [0.1, 0.15) is 13.2 Å². The minimum absolute atomic E-state index is 0.0739. The van der Waals surface area contributed by atoms with Gasteiger partial charge in [-0.15, -0.1) is 0 Å². The zero-order valence-corrected chi connectivity index (χ0v) is 51.7. The standard InChI is InChI=1S/C72H126O6/c1-4-7-10-13-16-18-20-22-24-26-28-30-32-33-34-35-36-37-38-39-40-42-43-45-47-49-51-53-56-59-62-65-71(74)77-68-69(67-76-70(73)64-61-58-55-15-12-9-6-3)78-72(75)66-63-60-57-54-52-50-48-46-44-41-31-29-27-25-23-21-19-17-14-11-8-5-2/h7,10,16,18,22,24,28,30,33-34,36-37,39-40,69H,4-6,8-9,11-15,17,19-21,23,25-27,29,31-32,35,38,41-68H2,1-3H3/b10-7-,18-16-,24-22-,30-28-,34-33-,37-36-,40-39-. The average molecular weight is 1090 g/mol. The molecular weight excluding hydrogens is 961 g/mol. The first kappa shape index (κ1) is 74.6. The maximum absolute atomic E-state index is 12.9. The van der Waals surface area contributed by atoms with Crippen LogP contribution in [-0.2, 0) is 28.6 Å². The van der Waals surface area contributed by atoms with Gasteiger partial charge in [-0.3, -0.25) is 14.4 Å². The zero-order chi connectivity index (χ0) is 56.4. The maximum Gasteiger partial charge on any atom is 0.306 e. The van der Waals surface area contributed by atoms with Crippen LogP contribution in [0.25, 0.3) is 0 Å². The summed E-state index contributed by atoms with van der Waals surface area (Å²) in [6.07, 6.45) is 87.7. The van der Waals surface area contributed by atoms with Gasteiger partial charge in [0, 0.05) is 19.3 Å². The van der Waals surface area contributed by atoms with Crippen LogP contribution in [-0.4, -0.2) is 37.2 Å². The Balaban J connectivity index is 4.11. The van der Waals surface area contributed by atoms with Crippen LogP contribution in [0.3, 0.4) is 0 Å². The second-order valence-electron chi connectivity index (χ2n) is 22.4. The van der Waals surface area contributed by atoms with E-state index in [1.165, 1.54) is 186 Å². The molecule has 0 bridgehead atoms. The van der Waals surface area contributed by atoms with Gasteiger partial charge in [0.25, 0.3) is 0 Å². The first-order valence-electron chi connectivity index (χ1n) is 33.6. The highest BCUT2D eigenvalue weighted by Crippen LogP contribution is 2.17. The Hall–Kier alpha value is -3.41. The SMILES string of the molecule is CC/C=C\C/C=C\C/C=C\C/C=C\C/C=C\C/C=C\C/C=C\CCCCCCCCCCCC(=O)OCC(COC(=O)CCCCCCCCC)OC(=O)CCCCCCCCCCCCCCCCCCCCCCCC. The van der Waals surface area contributed by atoms with Crippen molar-refractivity contribution in [2.75, 3.05) is 13.2 Å². The number of unbranched alkanes of at least 4 members (excludes halogenated alkanes) is 36. The van der Waals surface area contributed by atoms with Gasteiger partial charge in [0.2, 0.25) is 0 Å². The van der Waals surface area contributed by atoms with E-state index in [4.69, 9.17) is 14.2 Å². The lowest BCUT2D eigenvalue weighted by Crippen LogP contribution is -2.30. The molecule has 0 fully saturated rings. The molecule has 0 saturated heterocycles. The van der Waals surface area contributed by atoms with E-state index in [-0.39, 0.29) is 31.1 Å². The van der Waals surface area contributed by atoms with Gasteiger partial charge in [0.05, 0.1) is 0 Å². The van der Waals surface area contributed by atoms with Crippen molar-refractivity contribution in [3.8, 4) is 0 Å². The van der Waals surface area contributed by atoms with Crippen LogP contribution in [0.5, 0.6) is 0 Å². The summed E-state index contributed by atoms with van der Waals surface area (Å²) < 4.78 is 16.9. The van der Waals surface area contributed by atoms with E-state index in [1.54, 1.807) is 0 Å². The average Bonchev–Trinajstić information content (AvgIpc) is 3.44. The number of hydrogen-bond acceptors (Lipinski definition) is 6. The lowest BCUT2D eigenvalue weighted by molar-refractivity contribution is -0.167. The largest absolute Gasteiger partial charge is 0.462 e. The molecule has 0 amide bonds. The molecule has 6 heteroatoms. The van der Waals surface area contributed by atoms with E-state index >= 15 is 0 Å². The second-order valence-corrected chi connectivity index (χ2v) is 22.4. The summed E-state index contributed by atoms with van der Waals surface area (Å²) in [6.45, 7) is 6.52. The third-order valence-electron chi connectivity index (χ3n) is 14.7. The van der Waals surface area contributed by atoms with Gasteiger partial charge < -0.3 is 14.2 Å². The van der Waals surface area contributed by atoms with Gasteiger partial charge in [-0.2, -0.15) is 0 Å². The van der Waals surface area contributed by atoms with E-state index in [0.717, 1.165) is 109 Å². The molecule has 0 radical (unpaired) electrons. The predicted octanol–water partition coefficient (Wildman–Crippen LogP) is 23.1. The van der Waals surface area contributed by atoms with E-state index in [2.05, 4.69) is 106 Å². The molecule has 0 saturated carbocycles. The molecule has 0 aromatic rings. The fourth-order valence-corrected chi connectivity index (χ4v) is 9.66. The van der Waals surface area contributed by atoms with Crippen LogP contribution in [0, 0.1) is 0 Å². The summed E-state index contributed by atoms with van der Waals surface area (Å²) in [7, 11) is 0. The first-order valence-corrected chi connectivity index (χ1v) is 33.6. The third-order valence-corrected chi connectivity index (χ3v) is 14.7. The minimum Gasteiger partial charge on any atom is -0.462 e. The number of hydrogen-bond donors (Lipinski definition) is 0. The normalized spacial score (nSPS) is 12.6. The number of ether oxygens (including phenoxy) is 3. The van der Waals surface area contributed by atoms with E-state index in [1.807, 2.05) is 0 Å². The van der Waals surface area contributed by atoms with E-state index < -0.39 is 6.10 Å². The Morgan fingerprint density at radius 2 is 0.500 bits per heavy atom. The van der Waals surface area contributed by atoms with E-state index in [9.17, 15) is 14.4 Å². The number of allylic oxidation sites excluding steroid dienone is 14. The number of carbonyl (C=O) groups is 3. The lowest BCUT2D eigenvalue weighted by atomic mass is 10.0. The molecule has 78 heavy (non-hydrogen) atoms. The minimum atomic E-state index is -0.775. The quantitative estimate of drug-likeness (QED) is 0.0261. The predicted molar refractivity (Wildman–Crippen MR) is 339 cm³/mol. The van der Waals surface area contributed by atoms with E-state index in [0.29, 0.717) is 19.3 Å². The van der Waals surface area contributed by atoms with Crippen molar-refractivity contribution < 1.29 is 28.6 Å². The van der Waals surface area contributed by atoms with Crippen LogP contribution in [0.1, 0.15) is 335 Å². The monoisotopic (exact) mass is 1090 g/mol. The Morgan fingerprint density at radius 3 is 0.782 bits per heavy atom. The molecule has 0 spiro atoms. The summed E-state index contributed by atoms with van der Waals surface area (Å²) in [6, 6.07) is 0. The van der Waals surface area contributed by atoms with Gasteiger partial charge in [-0.1, -0.05) is 324 Å². The Morgan fingerprint density at radius 1 is 0.269 bits per heavy atom.